The molecule has 1 fully saturated rings. The molecule has 1 aromatic heterocycles. The average Bonchev–Trinajstić information content (AvgIpc) is 2.95. The van der Waals surface area contributed by atoms with E-state index in [4.69, 9.17) is 5.11 Å². The van der Waals surface area contributed by atoms with Crippen LogP contribution in [0.15, 0.2) is 0 Å². The van der Waals surface area contributed by atoms with E-state index in [1.165, 1.54) is 0 Å². The number of carbonyl (C=O) groups is 2. The number of carboxylic acids is 1. The van der Waals surface area contributed by atoms with Crippen LogP contribution in [0.4, 0.5) is 0 Å². The molecule has 21 heavy (non-hydrogen) atoms. The number of amides is 1. The fourth-order valence-corrected chi connectivity index (χ4v) is 3.10. The van der Waals surface area contributed by atoms with Gasteiger partial charge in [0.1, 0.15) is 0 Å². The van der Waals surface area contributed by atoms with E-state index >= 15 is 0 Å². The molecule has 1 unspecified atom stereocenters. The van der Waals surface area contributed by atoms with Crippen LogP contribution < -0.4 is 0 Å². The van der Waals surface area contributed by atoms with Crippen molar-refractivity contribution in [3.63, 3.8) is 0 Å². The molecule has 1 saturated heterocycles. The Labute approximate surface area is 124 Å². The first kappa shape index (κ1) is 15.5. The van der Waals surface area contributed by atoms with Crippen LogP contribution in [0.3, 0.4) is 0 Å². The molecule has 1 amide bonds. The first-order valence-corrected chi connectivity index (χ1v) is 7.52. The van der Waals surface area contributed by atoms with Gasteiger partial charge in [-0.1, -0.05) is 6.92 Å². The maximum atomic E-state index is 12.8. The molecule has 1 aliphatic rings. The Kier molecular flexibility index (Phi) is 4.65. The summed E-state index contributed by atoms with van der Waals surface area (Å²) in [7, 11) is 0. The van der Waals surface area contributed by atoms with Crippen molar-refractivity contribution in [2.75, 3.05) is 6.54 Å². The lowest BCUT2D eigenvalue weighted by Crippen LogP contribution is -2.37. The van der Waals surface area contributed by atoms with E-state index in [0.717, 1.165) is 37.2 Å². The van der Waals surface area contributed by atoms with Gasteiger partial charge in [0.25, 0.3) is 5.91 Å². The van der Waals surface area contributed by atoms with Gasteiger partial charge in [0.05, 0.1) is 17.7 Å². The van der Waals surface area contributed by atoms with Crippen LogP contribution in [0.2, 0.25) is 0 Å². The van der Waals surface area contributed by atoms with Gasteiger partial charge in [0.2, 0.25) is 0 Å². The number of carboxylic acid groups (broad SMARTS) is 1. The Balaban J connectivity index is 2.25. The maximum absolute atomic E-state index is 12.8. The number of nitrogens with zero attached hydrogens (tertiary/aromatic N) is 3. The third-order valence-corrected chi connectivity index (χ3v) is 4.08. The number of rotatable bonds is 5. The highest BCUT2D eigenvalue weighted by atomic mass is 16.4. The van der Waals surface area contributed by atoms with Crippen LogP contribution in [0.5, 0.6) is 0 Å². The minimum Gasteiger partial charge on any atom is -0.481 e. The molecule has 0 aliphatic carbocycles. The zero-order chi connectivity index (χ0) is 15.6. The molecule has 6 heteroatoms. The van der Waals surface area contributed by atoms with Crippen LogP contribution in [0.25, 0.3) is 0 Å². The molecule has 0 spiro atoms. The standard InChI is InChI=1S/C15H23N3O3/c1-4-7-18-11(3)14(10(2)16-18)15(21)17-8-5-6-12(17)9-13(19)20/h12H,4-9H2,1-3H3,(H,19,20). The fourth-order valence-electron chi connectivity index (χ4n) is 3.10. The third-order valence-electron chi connectivity index (χ3n) is 4.08. The highest BCUT2D eigenvalue weighted by Gasteiger charge is 2.33. The van der Waals surface area contributed by atoms with Gasteiger partial charge in [-0.15, -0.1) is 0 Å². The van der Waals surface area contributed by atoms with E-state index in [1.807, 2.05) is 18.5 Å². The second kappa shape index (κ2) is 6.28. The zero-order valence-electron chi connectivity index (χ0n) is 12.9. The van der Waals surface area contributed by atoms with E-state index in [9.17, 15) is 9.59 Å². The van der Waals surface area contributed by atoms with E-state index in [1.54, 1.807) is 4.90 Å². The highest BCUT2D eigenvalue weighted by molar-refractivity contribution is 5.97. The SMILES string of the molecule is CCCn1nc(C)c(C(=O)N2CCCC2CC(=O)O)c1C. The van der Waals surface area contributed by atoms with Crippen molar-refractivity contribution < 1.29 is 14.7 Å². The monoisotopic (exact) mass is 293 g/mol. The lowest BCUT2D eigenvalue weighted by Gasteiger charge is -2.23. The van der Waals surface area contributed by atoms with Gasteiger partial charge in [-0.25, -0.2) is 0 Å². The minimum atomic E-state index is -0.852. The number of aliphatic carboxylic acids is 1. The van der Waals surface area contributed by atoms with Crippen molar-refractivity contribution in [3.8, 4) is 0 Å². The summed E-state index contributed by atoms with van der Waals surface area (Å²) < 4.78 is 1.87. The summed E-state index contributed by atoms with van der Waals surface area (Å²) in [6, 6.07) is -0.191. The summed E-state index contributed by atoms with van der Waals surface area (Å²) in [6.07, 6.45) is 2.61. The van der Waals surface area contributed by atoms with Gasteiger partial charge in [-0.3, -0.25) is 14.3 Å². The molecule has 2 rings (SSSR count). The van der Waals surface area contributed by atoms with Crippen molar-refractivity contribution in [2.24, 2.45) is 0 Å². The number of likely N-dealkylation sites (tertiary alicyclic amines) is 1. The van der Waals surface area contributed by atoms with E-state index < -0.39 is 5.97 Å². The molecule has 6 nitrogen and oxygen atoms in total. The van der Waals surface area contributed by atoms with Crippen LogP contribution >= 0.6 is 0 Å². The van der Waals surface area contributed by atoms with Crippen molar-refractivity contribution >= 4 is 11.9 Å². The number of aryl methyl sites for hydroxylation is 2. The Morgan fingerprint density at radius 3 is 2.71 bits per heavy atom. The van der Waals surface area contributed by atoms with Crippen molar-refractivity contribution in [3.05, 3.63) is 17.0 Å². The molecule has 1 aliphatic heterocycles. The molecule has 0 aromatic carbocycles. The lowest BCUT2D eigenvalue weighted by atomic mass is 10.1. The highest BCUT2D eigenvalue weighted by Crippen LogP contribution is 2.25. The molecule has 1 atom stereocenters. The molecule has 1 N–H and O–H groups in total. The Morgan fingerprint density at radius 2 is 2.10 bits per heavy atom. The molecule has 0 saturated carbocycles. The summed E-state index contributed by atoms with van der Waals surface area (Å²) in [4.78, 5) is 25.4. The van der Waals surface area contributed by atoms with Crippen LogP contribution in [0.1, 0.15) is 54.4 Å². The lowest BCUT2D eigenvalue weighted by molar-refractivity contribution is -0.137. The number of hydrogen-bond donors (Lipinski definition) is 1. The molecular weight excluding hydrogens is 270 g/mol. The molecule has 1 aromatic rings. The predicted octanol–water partition coefficient (Wildman–Crippen LogP) is 1.99. The normalized spacial score (nSPS) is 18.2. The van der Waals surface area contributed by atoms with E-state index in [0.29, 0.717) is 12.1 Å². The first-order valence-electron chi connectivity index (χ1n) is 7.52. The summed E-state index contributed by atoms with van der Waals surface area (Å²) in [6.45, 7) is 7.24. The third kappa shape index (κ3) is 3.09. The zero-order valence-corrected chi connectivity index (χ0v) is 12.9. The molecular formula is C15H23N3O3. The summed E-state index contributed by atoms with van der Waals surface area (Å²) >= 11 is 0. The molecule has 0 radical (unpaired) electrons. The topological polar surface area (TPSA) is 75.4 Å². The predicted molar refractivity (Wildman–Crippen MR) is 78.3 cm³/mol. The van der Waals surface area contributed by atoms with Gasteiger partial charge < -0.3 is 10.0 Å². The quantitative estimate of drug-likeness (QED) is 0.900. The van der Waals surface area contributed by atoms with Crippen LogP contribution in [-0.4, -0.2) is 44.3 Å². The number of hydrogen-bond acceptors (Lipinski definition) is 3. The Morgan fingerprint density at radius 1 is 1.38 bits per heavy atom. The van der Waals surface area contributed by atoms with Gasteiger partial charge in [0, 0.05) is 24.8 Å². The van der Waals surface area contributed by atoms with E-state index in [2.05, 4.69) is 12.0 Å². The van der Waals surface area contributed by atoms with Gasteiger partial charge in [-0.05, 0) is 33.1 Å². The first-order chi connectivity index (χ1) is 9.95. The molecule has 0 bridgehead atoms. The summed E-state index contributed by atoms with van der Waals surface area (Å²) in [5.41, 5.74) is 2.24. The second-order valence-corrected chi connectivity index (χ2v) is 5.66. The van der Waals surface area contributed by atoms with Crippen molar-refractivity contribution in [2.45, 2.75) is 59.0 Å². The average molecular weight is 293 g/mol. The number of carbonyl (C=O) groups excluding carboxylic acids is 1. The van der Waals surface area contributed by atoms with Crippen LogP contribution in [-0.2, 0) is 11.3 Å². The fraction of sp³-hybridized carbons (Fsp3) is 0.667. The second-order valence-electron chi connectivity index (χ2n) is 5.66. The molecule has 2 heterocycles. The van der Waals surface area contributed by atoms with E-state index in [-0.39, 0.29) is 18.4 Å². The smallest absolute Gasteiger partial charge is 0.305 e. The van der Waals surface area contributed by atoms with Crippen molar-refractivity contribution in [1.82, 2.24) is 14.7 Å². The summed E-state index contributed by atoms with van der Waals surface area (Å²) in [5.74, 6) is -0.925. The van der Waals surface area contributed by atoms with Gasteiger partial charge in [-0.2, -0.15) is 5.10 Å². The maximum Gasteiger partial charge on any atom is 0.305 e. The van der Waals surface area contributed by atoms with Gasteiger partial charge >= 0.3 is 5.97 Å². The van der Waals surface area contributed by atoms with Gasteiger partial charge in [0.15, 0.2) is 0 Å². The largest absolute Gasteiger partial charge is 0.481 e. The minimum absolute atomic E-state index is 0.0208. The number of aromatic nitrogens is 2. The van der Waals surface area contributed by atoms with Crippen molar-refractivity contribution in [1.29, 1.82) is 0 Å². The Hall–Kier alpha value is -1.85. The van der Waals surface area contributed by atoms with Crippen LogP contribution in [0, 0.1) is 13.8 Å². The molecule has 116 valence electrons. The Bertz CT molecular complexity index is 551. The summed E-state index contributed by atoms with van der Waals surface area (Å²) in [5, 5.41) is 13.4.